The Hall–Kier alpha value is -1.31. The fourth-order valence-corrected chi connectivity index (χ4v) is 0.851. The maximum atomic E-state index is 5.43. The van der Waals surface area contributed by atoms with Crippen LogP contribution in [0.5, 0.6) is 0 Å². The van der Waals surface area contributed by atoms with Gasteiger partial charge in [0.2, 0.25) is 0 Å². The van der Waals surface area contributed by atoms with Gasteiger partial charge in [-0.1, -0.05) is 40.3 Å². The maximum absolute atomic E-state index is 5.43. The zero-order valence-corrected chi connectivity index (χ0v) is 10.5. The van der Waals surface area contributed by atoms with Crippen molar-refractivity contribution in [2.45, 2.75) is 40.5 Å². The molecule has 0 fully saturated rings. The maximum Gasteiger partial charge on any atom is 0.0299 e. The van der Waals surface area contributed by atoms with E-state index >= 15 is 0 Å². The van der Waals surface area contributed by atoms with Crippen LogP contribution in [-0.4, -0.2) is 4.98 Å². The second kappa shape index (κ2) is 12.7. The van der Waals surface area contributed by atoms with E-state index in [0.29, 0.717) is 0 Å². The van der Waals surface area contributed by atoms with Gasteiger partial charge < -0.3 is 5.73 Å². The molecule has 0 aliphatic rings. The van der Waals surface area contributed by atoms with E-state index in [1.165, 1.54) is 5.56 Å². The van der Waals surface area contributed by atoms with Gasteiger partial charge in [-0.05, 0) is 24.5 Å². The number of rotatable bonds is 3. The largest absolute Gasteiger partial charge is 0.403 e. The molecular formula is C13H24N2. The number of nitrogens with two attached hydrogens (primary N) is 1. The first kappa shape index (κ1) is 16.1. The first-order valence-electron chi connectivity index (χ1n) is 5.61. The third-order valence-corrected chi connectivity index (χ3v) is 1.46. The molecule has 2 heteroatoms. The number of aryl methyl sites for hydroxylation is 1. The summed E-state index contributed by atoms with van der Waals surface area (Å²) in [5.41, 5.74) is 7.36. The van der Waals surface area contributed by atoms with Gasteiger partial charge in [0.1, 0.15) is 0 Å². The van der Waals surface area contributed by atoms with Gasteiger partial charge in [-0.3, -0.25) is 4.98 Å². The quantitative estimate of drug-likeness (QED) is 0.825. The molecule has 2 nitrogen and oxygen atoms in total. The lowest BCUT2D eigenvalue weighted by Gasteiger charge is -1.98. The third-order valence-electron chi connectivity index (χ3n) is 1.46. The summed E-state index contributed by atoms with van der Waals surface area (Å²) in [4.78, 5) is 3.99. The van der Waals surface area contributed by atoms with Crippen LogP contribution in [0.3, 0.4) is 0 Å². The molecule has 86 valence electrons. The smallest absolute Gasteiger partial charge is 0.0299 e. The molecular weight excluding hydrogens is 184 g/mol. The predicted octanol–water partition coefficient (Wildman–Crippen LogP) is 3.54. The average molecular weight is 208 g/mol. The van der Waals surface area contributed by atoms with Crippen molar-refractivity contribution in [1.82, 2.24) is 4.98 Å². The van der Waals surface area contributed by atoms with Crippen LogP contribution in [0, 0.1) is 0 Å². The van der Waals surface area contributed by atoms with Crippen molar-refractivity contribution < 1.29 is 0 Å². The minimum Gasteiger partial charge on any atom is -0.403 e. The Morgan fingerprint density at radius 3 is 2.33 bits per heavy atom. The molecule has 0 saturated carbocycles. The fraction of sp³-hybridized carbons (Fsp3) is 0.462. The van der Waals surface area contributed by atoms with E-state index in [4.69, 9.17) is 5.73 Å². The summed E-state index contributed by atoms with van der Waals surface area (Å²) in [6.45, 7) is 11.6. The summed E-state index contributed by atoms with van der Waals surface area (Å²) in [5.74, 6) is 0. The van der Waals surface area contributed by atoms with Gasteiger partial charge in [0.25, 0.3) is 0 Å². The van der Waals surface area contributed by atoms with Crippen molar-refractivity contribution in [1.29, 1.82) is 0 Å². The summed E-state index contributed by atoms with van der Waals surface area (Å²) < 4.78 is 0. The fourth-order valence-electron chi connectivity index (χ4n) is 0.851. The Balaban J connectivity index is 0. The molecule has 0 atom stereocenters. The van der Waals surface area contributed by atoms with E-state index in [1.807, 2.05) is 46.0 Å². The standard InChI is InChI=1S/C9H12N2.2C2H6/c1-8(10)4-5-9-3-2-6-11-7-9;2*1-2/h2-3,6-7H,1,4-5,10H2;2*1-2H3. The van der Waals surface area contributed by atoms with Crippen molar-refractivity contribution in [3.8, 4) is 0 Å². The second-order valence-corrected chi connectivity index (χ2v) is 2.52. The highest BCUT2D eigenvalue weighted by Crippen LogP contribution is 2.02. The van der Waals surface area contributed by atoms with Gasteiger partial charge in [0.05, 0.1) is 0 Å². The van der Waals surface area contributed by atoms with Crippen LogP contribution in [0.4, 0.5) is 0 Å². The molecule has 0 aliphatic heterocycles. The molecule has 0 bridgehead atoms. The van der Waals surface area contributed by atoms with Crippen LogP contribution in [0.1, 0.15) is 39.7 Å². The van der Waals surface area contributed by atoms with Crippen molar-refractivity contribution in [2.75, 3.05) is 0 Å². The molecule has 2 N–H and O–H groups in total. The highest BCUT2D eigenvalue weighted by molar-refractivity contribution is 5.10. The van der Waals surface area contributed by atoms with Gasteiger partial charge in [0, 0.05) is 18.1 Å². The van der Waals surface area contributed by atoms with Gasteiger partial charge >= 0.3 is 0 Å². The Kier molecular flexibility index (Phi) is 13.6. The van der Waals surface area contributed by atoms with Crippen LogP contribution >= 0.6 is 0 Å². The van der Waals surface area contributed by atoms with Crippen LogP contribution in [-0.2, 0) is 6.42 Å². The molecule has 1 aromatic heterocycles. The summed E-state index contributed by atoms with van der Waals surface area (Å²) in [6.07, 6.45) is 5.39. The highest BCUT2D eigenvalue weighted by atomic mass is 14.6. The van der Waals surface area contributed by atoms with E-state index in [1.54, 1.807) is 6.20 Å². The summed E-state index contributed by atoms with van der Waals surface area (Å²) in [5, 5.41) is 0. The number of nitrogens with zero attached hydrogens (tertiary/aromatic N) is 1. The number of allylic oxidation sites excluding steroid dienone is 1. The lowest BCUT2D eigenvalue weighted by molar-refractivity contribution is 0.923. The number of pyridine rings is 1. The van der Waals surface area contributed by atoms with E-state index in [9.17, 15) is 0 Å². The zero-order chi connectivity index (χ0) is 12.1. The van der Waals surface area contributed by atoms with Gasteiger partial charge in [-0.2, -0.15) is 0 Å². The average Bonchev–Trinajstić information content (AvgIpc) is 2.33. The molecule has 0 aromatic carbocycles. The molecule has 0 amide bonds. The van der Waals surface area contributed by atoms with E-state index in [-0.39, 0.29) is 0 Å². The zero-order valence-electron chi connectivity index (χ0n) is 10.5. The second-order valence-electron chi connectivity index (χ2n) is 2.52. The first-order chi connectivity index (χ1) is 7.29. The lowest BCUT2D eigenvalue weighted by atomic mass is 10.1. The summed E-state index contributed by atoms with van der Waals surface area (Å²) in [7, 11) is 0. The van der Waals surface area contributed by atoms with E-state index < -0.39 is 0 Å². The van der Waals surface area contributed by atoms with E-state index in [0.717, 1.165) is 18.5 Å². The van der Waals surface area contributed by atoms with Crippen LogP contribution in [0.2, 0.25) is 0 Å². The number of hydrogen-bond acceptors (Lipinski definition) is 2. The molecule has 1 rings (SSSR count). The molecule has 0 spiro atoms. The van der Waals surface area contributed by atoms with Crippen LogP contribution in [0.15, 0.2) is 36.8 Å². The minimum absolute atomic E-state index is 0.730. The van der Waals surface area contributed by atoms with Crippen LogP contribution < -0.4 is 5.73 Å². The van der Waals surface area contributed by atoms with Crippen molar-refractivity contribution in [2.24, 2.45) is 5.73 Å². The summed E-state index contributed by atoms with van der Waals surface area (Å²) >= 11 is 0. The Bertz CT molecular complexity index is 230. The van der Waals surface area contributed by atoms with E-state index in [2.05, 4.69) is 11.6 Å². The van der Waals surface area contributed by atoms with Gasteiger partial charge in [0.15, 0.2) is 0 Å². The Morgan fingerprint density at radius 1 is 1.33 bits per heavy atom. The Morgan fingerprint density at radius 2 is 1.93 bits per heavy atom. The Labute approximate surface area is 94.2 Å². The molecule has 0 radical (unpaired) electrons. The van der Waals surface area contributed by atoms with Crippen molar-refractivity contribution in [3.05, 3.63) is 42.4 Å². The van der Waals surface area contributed by atoms with Gasteiger partial charge in [-0.25, -0.2) is 0 Å². The van der Waals surface area contributed by atoms with Crippen molar-refractivity contribution >= 4 is 0 Å². The van der Waals surface area contributed by atoms with Gasteiger partial charge in [-0.15, -0.1) is 0 Å². The molecule has 1 aromatic rings. The molecule has 1 heterocycles. The SMILES string of the molecule is C=C(N)CCc1cccnc1.CC.CC. The molecule has 0 aliphatic carbocycles. The number of aromatic nitrogens is 1. The van der Waals surface area contributed by atoms with Crippen molar-refractivity contribution in [3.63, 3.8) is 0 Å². The predicted molar refractivity (Wildman–Crippen MR) is 68.6 cm³/mol. The molecule has 0 saturated heterocycles. The number of hydrogen-bond donors (Lipinski definition) is 1. The molecule has 0 unspecified atom stereocenters. The topological polar surface area (TPSA) is 38.9 Å². The summed E-state index contributed by atoms with van der Waals surface area (Å²) in [6, 6.07) is 3.96. The normalized spacial score (nSPS) is 7.73. The highest BCUT2D eigenvalue weighted by Gasteiger charge is 1.91. The first-order valence-corrected chi connectivity index (χ1v) is 5.61. The molecule has 15 heavy (non-hydrogen) atoms. The minimum atomic E-state index is 0.730. The monoisotopic (exact) mass is 208 g/mol. The third kappa shape index (κ3) is 10.6. The van der Waals surface area contributed by atoms with Crippen LogP contribution in [0.25, 0.3) is 0 Å². The lowest BCUT2D eigenvalue weighted by Crippen LogP contribution is -1.96.